The first-order valence-electron chi connectivity index (χ1n) is 3.82. The van der Waals surface area contributed by atoms with E-state index in [-0.39, 0.29) is 0 Å². The highest BCUT2D eigenvalue weighted by molar-refractivity contribution is 5.81. The van der Waals surface area contributed by atoms with Crippen LogP contribution in [0.15, 0.2) is 12.7 Å². The lowest BCUT2D eigenvalue weighted by molar-refractivity contribution is -0.138. The van der Waals surface area contributed by atoms with E-state index < -0.39 is 11.6 Å². The summed E-state index contributed by atoms with van der Waals surface area (Å²) in [5, 5.41) is 9.17. The molecule has 1 atom stereocenters. The van der Waals surface area contributed by atoms with Crippen LogP contribution in [0.5, 0.6) is 0 Å². The van der Waals surface area contributed by atoms with E-state index >= 15 is 0 Å². The van der Waals surface area contributed by atoms with E-state index in [0.29, 0.717) is 19.4 Å². The van der Waals surface area contributed by atoms with Crippen molar-refractivity contribution in [3.8, 4) is 0 Å². The van der Waals surface area contributed by atoms with Gasteiger partial charge in [-0.1, -0.05) is 6.58 Å². The quantitative estimate of drug-likeness (QED) is 0.382. The first-order chi connectivity index (χ1) is 5.45. The fraction of sp³-hybridized carbons (Fsp3) is 0.556. The van der Waals surface area contributed by atoms with Crippen molar-refractivity contribution < 1.29 is 14.6 Å². The molecule has 0 saturated carbocycles. The largest absolute Gasteiger partial charge is 0.463 e. The van der Waals surface area contributed by atoms with Crippen LogP contribution < -0.4 is 0 Å². The maximum absolute atomic E-state index is 10.5. The molecule has 0 saturated heterocycles. The average Bonchev–Trinajstić information content (AvgIpc) is 1.96. The number of rotatable bonds is 5. The summed E-state index contributed by atoms with van der Waals surface area (Å²) in [6.07, 6.45) is 2.23. The van der Waals surface area contributed by atoms with Gasteiger partial charge in [-0.05, 0) is 26.7 Å². The Morgan fingerprint density at radius 2 is 2.33 bits per heavy atom. The van der Waals surface area contributed by atoms with Crippen molar-refractivity contribution in [1.29, 1.82) is 0 Å². The highest BCUT2D eigenvalue weighted by Gasteiger charge is 2.11. The summed E-state index contributed by atoms with van der Waals surface area (Å²) in [6.45, 7) is 8.67. The van der Waals surface area contributed by atoms with Crippen molar-refractivity contribution in [2.45, 2.75) is 25.4 Å². The van der Waals surface area contributed by atoms with Crippen molar-refractivity contribution >= 4 is 5.97 Å². The molecule has 0 aliphatic rings. The predicted octanol–water partition coefficient (Wildman–Crippen LogP) is 1.08. The Bertz CT molecular complexity index is 156. The summed E-state index contributed by atoms with van der Waals surface area (Å²) in [5.41, 5.74) is -0.930. The van der Waals surface area contributed by atoms with Gasteiger partial charge >= 0.3 is 5.97 Å². The molecule has 0 bridgehead atoms. The van der Waals surface area contributed by atoms with E-state index in [2.05, 4.69) is 13.5 Å². The Labute approximate surface area is 73.0 Å². The van der Waals surface area contributed by atoms with E-state index in [9.17, 15) is 4.79 Å². The Hall–Kier alpha value is -0.830. The summed E-state index contributed by atoms with van der Waals surface area (Å²) >= 11 is 0. The van der Waals surface area contributed by atoms with Gasteiger partial charge in [0.15, 0.2) is 0 Å². The number of carbonyl (C=O) groups excluding carboxylic acids is 1. The van der Waals surface area contributed by atoms with Crippen molar-refractivity contribution in [2.24, 2.45) is 0 Å². The SMILES string of the molecule is [CH2]C(C)(O)CCCOC(=O)C=C. The molecular formula is C9H15O3. The van der Waals surface area contributed by atoms with E-state index in [1.54, 1.807) is 6.92 Å². The summed E-state index contributed by atoms with van der Waals surface area (Å²) in [5.74, 6) is -0.432. The molecule has 0 aromatic heterocycles. The molecule has 0 aromatic carbocycles. The van der Waals surface area contributed by atoms with Crippen LogP contribution in [0, 0.1) is 6.92 Å². The zero-order valence-corrected chi connectivity index (χ0v) is 7.38. The lowest BCUT2D eigenvalue weighted by Crippen LogP contribution is -2.19. The van der Waals surface area contributed by atoms with Crippen molar-refractivity contribution in [2.75, 3.05) is 6.61 Å². The normalized spacial score (nSPS) is 10.9. The molecule has 0 aliphatic carbocycles. The molecule has 12 heavy (non-hydrogen) atoms. The third-order valence-electron chi connectivity index (χ3n) is 1.27. The van der Waals surface area contributed by atoms with Crippen LogP contribution >= 0.6 is 0 Å². The van der Waals surface area contributed by atoms with Gasteiger partial charge in [-0.3, -0.25) is 0 Å². The molecule has 0 aromatic rings. The molecule has 0 rings (SSSR count). The van der Waals surface area contributed by atoms with Gasteiger partial charge in [0.05, 0.1) is 12.2 Å². The minimum absolute atomic E-state index is 0.302. The van der Waals surface area contributed by atoms with E-state index in [0.717, 1.165) is 6.08 Å². The number of ether oxygens (including phenoxy) is 1. The number of esters is 1. The average molecular weight is 171 g/mol. The first kappa shape index (κ1) is 11.2. The smallest absolute Gasteiger partial charge is 0.330 e. The van der Waals surface area contributed by atoms with Crippen LogP contribution in [0.4, 0.5) is 0 Å². The molecule has 1 radical (unpaired) electrons. The van der Waals surface area contributed by atoms with Crippen LogP contribution in [-0.4, -0.2) is 23.3 Å². The molecular weight excluding hydrogens is 156 g/mol. The summed E-state index contributed by atoms with van der Waals surface area (Å²) in [4.78, 5) is 10.5. The fourth-order valence-electron chi connectivity index (χ4n) is 0.685. The maximum Gasteiger partial charge on any atom is 0.330 e. The van der Waals surface area contributed by atoms with Gasteiger partial charge in [-0.15, -0.1) is 0 Å². The molecule has 69 valence electrons. The Balaban J connectivity index is 3.34. The molecule has 0 heterocycles. The van der Waals surface area contributed by atoms with Crippen LogP contribution in [-0.2, 0) is 9.53 Å². The van der Waals surface area contributed by atoms with Gasteiger partial charge in [0.1, 0.15) is 0 Å². The van der Waals surface area contributed by atoms with Gasteiger partial charge in [0, 0.05) is 6.08 Å². The fourth-order valence-corrected chi connectivity index (χ4v) is 0.685. The summed E-state index contributed by atoms with van der Waals surface area (Å²) < 4.78 is 4.69. The van der Waals surface area contributed by atoms with E-state index in [4.69, 9.17) is 9.84 Å². The van der Waals surface area contributed by atoms with Crippen molar-refractivity contribution in [1.82, 2.24) is 0 Å². The molecule has 0 spiro atoms. The van der Waals surface area contributed by atoms with E-state index in [1.165, 1.54) is 0 Å². The Kier molecular flexibility index (Phi) is 4.59. The van der Waals surface area contributed by atoms with Gasteiger partial charge in [0.25, 0.3) is 0 Å². The highest BCUT2D eigenvalue weighted by Crippen LogP contribution is 2.09. The second kappa shape index (κ2) is 4.93. The molecule has 1 N–H and O–H groups in total. The highest BCUT2D eigenvalue weighted by atomic mass is 16.5. The Morgan fingerprint density at radius 3 is 2.75 bits per heavy atom. The first-order valence-corrected chi connectivity index (χ1v) is 3.82. The van der Waals surface area contributed by atoms with Crippen molar-refractivity contribution in [3.05, 3.63) is 19.6 Å². The van der Waals surface area contributed by atoms with Crippen molar-refractivity contribution in [3.63, 3.8) is 0 Å². The van der Waals surface area contributed by atoms with Crippen LogP contribution in [0.3, 0.4) is 0 Å². The zero-order chi connectivity index (χ0) is 9.61. The maximum atomic E-state index is 10.5. The third-order valence-corrected chi connectivity index (χ3v) is 1.27. The minimum atomic E-state index is -0.930. The lowest BCUT2D eigenvalue weighted by Gasteiger charge is -2.15. The summed E-state index contributed by atoms with van der Waals surface area (Å²) in [7, 11) is 0. The molecule has 3 nitrogen and oxygen atoms in total. The minimum Gasteiger partial charge on any atom is -0.463 e. The second-order valence-electron chi connectivity index (χ2n) is 2.97. The standard InChI is InChI=1S/C9H15O3/c1-4-8(10)12-7-5-6-9(2,3)11/h4,11H,1-2,5-7H2,3H3. The Morgan fingerprint density at radius 1 is 1.75 bits per heavy atom. The topological polar surface area (TPSA) is 46.5 Å². The van der Waals surface area contributed by atoms with E-state index in [1.807, 2.05) is 0 Å². The second-order valence-corrected chi connectivity index (χ2v) is 2.97. The predicted molar refractivity (Wildman–Crippen MR) is 46.4 cm³/mol. The van der Waals surface area contributed by atoms with Crippen LogP contribution in [0.25, 0.3) is 0 Å². The molecule has 0 amide bonds. The molecule has 0 fully saturated rings. The third kappa shape index (κ3) is 7.28. The summed E-state index contributed by atoms with van der Waals surface area (Å²) in [6, 6.07) is 0. The number of aliphatic hydroxyl groups is 1. The number of hydrogen-bond acceptors (Lipinski definition) is 3. The van der Waals surface area contributed by atoms with Gasteiger partial charge in [-0.25, -0.2) is 4.79 Å². The zero-order valence-electron chi connectivity index (χ0n) is 7.38. The van der Waals surface area contributed by atoms with Crippen LogP contribution in [0.2, 0.25) is 0 Å². The van der Waals surface area contributed by atoms with Crippen LogP contribution in [0.1, 0.15) is 19.8 Å². The van der Waals surface area contributed by atoms with Gasteiger partial charge in [-0.2, -0.15) is 0 Å². The molecule has 1 unspecified atom stereocenters. The number of hydrogen-bond donors (Lipinski definition) is 1. The monoisotopic (exact) mass is 171 g/mol. The molecule has 0 aliphatic heterocycles. The number of carbonyl (C=O) groups is 1. The molecule has 3 heteroatoms. The van der Waals surface area contributed by atoms with Gasteiger partial charge in [0.2, 0.25) is 0 Å². The van der Waals surface area contributed by atoms with Gasteiger partial charge < -0.3 is 9.84 Å². The lowest BCUT2D eigenvalue weighted by atomic mass is 10.0.